The maximum atomic E-state index is 2.33. The van der Waals surface area contributed by atoms with E-state index in [0.717, 1.165) is 26.2 Å². The average molecular weight is 569 g/mol. The lowest BCUT2D eigenvalue weighted by atomic mass is 9.97. The highest BCUT2D eigenvalue weighted by molar-refractivity contribution is 6.21. The Hall–Kier alpha value is -5.48. The van der Waals surface area contributed by atoms with Crippen molar-refractivity contribution >= 4 is 32.3 Å². The van der Waals surface area contributed by atoms with Crippen LogP contribution in [-0.4, -0.2) is 0 Å². The molecule has 0 fully saturated rings. The molecule has 0 atom stereocenters. The third-order valence-corrected chi connectivity index (χ3v) is 9.13. The minimum atomic E-state index is 0.842. The molecule has 4 aromatic carbocycles. The van der Waals surface area contributed by atoms with Crippen LogP contribution in [0, 0.1) is 0 Å². The van der Waals surface area contributed by atoms with E-state index in [2.05, 4.69) is 165 Å². The molecular formula is C40H32N4+4. The molecule has 0 spiro atoms. The molecule has 4 heteroatoms. The van der Waals surface area contributed by atoms with Gasteiger partial charge in [0.2, 0.25) is 0 Å². The van der Waals surface area contributed by atoms with Gasteiger partial charge >= 0.3 is 0 Å². The SMILES string of the molecule is c1cc2ccc1C[n+]1ccc(cc1)-c1cc[n+](cc1)Cc1ccc(cc1)C[n+]1cc3ccc4c[n+](cc5ccc(c1)c3c45)C2. The van der Waals surface area contributed by atoms with Crippen molar-refractivity contribution in [2.24, 2.45) is 0 Å². The van der Waals surface area contributed by atoms with E-state index in [0.29, 0.717) is 0 Å². The van der Waals surface area contributed by atoms with Gasteiger partial charge in [-0.1, -0.05) is 48.5 Å². The number of rotatable bonds is 0. The molecule has 16 bridgehead atoms. The van der Waals surface area contributed by atoms with Gasteiger partial charge in [-0.25, -0.2) is 9.13 Å². The first-order valence-corrected chi connectivity index (χ1v) is 15.4. The van der Waals surface area contributed by atoms with Crippen LogP contribution in [0.2, 0.25) is 0 Å². The van der Waals surface area contributed by atoms with Crippen molar-refractivity contribution in [1.29, 1.82) is 0 Å². The van der Waals surface area contributed by atoms with Crippen molar-refractivity contribution < 1.29 is 18.3 Å². The predicted octanol–water partition coefficient (Wildman–Crippen LogP) is 5.91. The van der Waals surface area contributed by atoms with Crippen molar-refractivity contribution in [3.8, 4) is 11.1 Å². The molecule has 208 valence electrons. The highest BCUT2D eigenvalue weighted by Crippen LogP contribution is 2.32. The fourth-order valence-electron chi connectivity index (χ4n) is 6.86. The Morgan fingerprint density at radius 1 is 0.295 bits per heavy atom. The van der Waals surface area contributed by atoms with Gasteiger partial charge in [0.05, 0.1) is 0 Å². The molecule has 4 nitrogen and oxygen atoms in total. The summed E-state index contributed by atoms with van der Waals surface area (Å²) in [6.45, 7) is 3.38. The second kappa shape index (κ2) is 10.1. The number of aromatic nitrogens is 4. The van der Waals surface area contributed by atoms with E-state index in [1.165, 1.54) is 65.7 Å². The molecule has 0 aliphatic carbocycles. The van der Waals surface area contributed by atoms with Crippen molar-refractivity contribution in [3.63, 3.8) is 0 Å². The van der Waals surface area contributed by atoms with E-state index in [4.69, 9.17) is 0 Å². The van der Waals surface area contributed by atoms with Crippen LogP contribution in [-0.2, 0) is 26.2 Å². The summed E-state index contributed by atoms with van der Waals surface area (Å²) in [7, 11) is 0. The molecule has 23 heterocycles. The van der Waals surface area contributed by atoms with E-state index in [9.17, 15) is 0 Å². The molecule has 19 aliphatic heterocycles. The van der Waals surface area contributed by atoms with Gasteiger partial charge in [-0.05, 0) is 35.4 Å². The molecule has 0 N–H and O–H groups in total. The Morgan fingerprint density at radius 2 is 0.568 bits per heavy atom. The van der Waals surface area contributed by atoms with E-state index in [1.807, 2.05) is 0 Å². The van der Waals surface area contributed by atoms with Gasteiger partial charge in [0.1, 0.15) is 0 Å². The van der Waals surface area contributed by atoms with Crippen LogP contribution >= 0.6 is 0 Å². The lowest BCUT2D eigenvalue weighted by Gasteiger charge is -2.10. The summed E-state index contributed by atoms with van der Waals surface area (Å²) in [6, 6.07) is 36.1. The van der Waals surface area contributed by atoms with Crippen molar-refractivity contribution in [2.45, 2.75) is 26.2 Å². The molecule has 0 radical (unpaired) electrons. The third kappa shape index (κ3) is 4.56. The summed E-state index contributed by atoms with van der Waals surface area (Å²) < 4.78 is 9.15. The summed E-state index contributed by atoms with van der Waals surface area (Å²) in [5.41, 5.74) is 7.65. The topological polar surface area (TPSA) is 15.5 Å². The third-order valence-electron chi connectivity index (χ3n) is 9.13. The molecule has 0 saturated carbocycles. The Morgan fingerprint density at radius 3 is 0.864 bits per heavy atom. The van der Waals surface area contributed by atoms with E-state index < -0.39 is 0 Å². The lowest BCUT2D eigenvalue weighted by Crippen LogP contribution is -2.35. The van der Waals surface area contributed by atoms with Gasteiger partial charge in [0.25, 0.3) is 0 Å². The zero-order chi connectivity index (χ0) is 29.0. The van der Waals surface area contributed by atoms with Gasteiger partial charge < -0.3 is 0 Å². The molecule has 0 unspecified atom stereocenters. The number of nitrogens with zero attached hydrogens (tertiary/aromatic N) is 4. The largest absolute Gasteiger partial charge is 0.201 e. The summed E-state index contributed by atoms with van der Waals surface area (Å²) in [5.74, 6) is 0. The van der Waals surface area contributed by atoms with Crippen LogP contribution in [0.25, 0.3) is 43.4 Å². The maximum Gasteiger partial charge on any atom is 0.177 e. The van der Waals surface area contributed by atoms with Crippen LogP contribution in [0.4, 0.5) is 0 Å². The first-order chi connectivity index (χ1) is 21.7. The second-order valence-corrected chi connectivity index (χ2v) is 12.3. The Kier molecular flexibility index (Phi) is 5.73. The molecule has 27 rings (SSSR count). The molecule has 4 aromatic heterocycles. The van der Waals surface area contributed by atoms with Gasteiger partial charge in [-0.2, -0.15) is 9.13 Å². The van der Waals surface area contributed by atoms with Crippen LogP contribution in [0.3, 0.4) is 0 Å². The Labute approximate surface area is 256 Å². The van der Waals surface area contributed by atoms with E-state index >= 15 is 0 Å². The van der Waals surface area contributed by atoms with Crippen LogP contribution in [0.1, 0.15) is 22.3 Å². The summed E-state index contributed by atoms with van der Waals surface area (Å²) >= 11 is 0. The summed E-state index contributed by atoms with van der Waals surface area (Å²) in [4.78, 5) is 0. The minimum Gasteiger partial charge on any atom is -0.201 e. The normalized spacial score (nSPS) is 13.1. The van der Waals surface area contributed by atoms with Gasteiger partial charge in [0, 0.05) is 78.8 Å². The quantitative estimate of drug-likeness (QED) is 0.160. The fourth-order valence-corrected chi connectivity index (χ4v) is 6.86. The van der Waals surface area contributed by atoms with Crippen LogP contribution in [0.15, 0.2) is 147 Å². The van der Waals surface area contributed by atoms with Crippen molar-refractivity contribution in [3.05, 3.63) is 169 Å². The number of pyridine rings is 4. The minimum absolute atomic E-state index is 0.842. The maximum absolute atomic E-state index is 2.33. The van der Waals surface area contributed by atoms with Gasteiger partial charge in [0.15, 0.2) is 75.8 Å². The number of hydrogen-bond donors (Lipinski definition) is 0. The zero-order valence-corrected chi connectivity index (χ0v) is 24.5. The van der Waals surface area contributed by atoms with Crippen LogP contribution in [0.5, 0.6) is 0 Å². The first-order valence-electron chi connectivity index (χ1n) is 15.4. The molecule has 0 saturated heterocycles. The Balaban J connectivity index is 1.14. The molecule has 0 amide bonds. The summed E-state index contributed by atoms with van der Waals surface area (Å²) in [6.07, 6.45) is 17.9. The Bertz CT molecular complexity index is 2050. The number of hydrogen-bond acceptors (Lipinski definition) is 0. The van der Waals surface area contributed by atoms with E-state index in [1.54, 1.807) is 0 Å². The first kappa shape index (κ1) is 25.1. The zero-order valence-electron chi connectivity index (χ0n) is 24.5. The highest BCUT2D eigenvalue weighted by atomic mass is 14.9. The van der Waals surface area contributed by atoms with E-state index in [-0.39, 0.29) is 0 Å². The van der Waals surface area contributed by atoms with Gasteiger partial charge in [-0.3, -0.25) is 0 Å². The monoisotopic (exact) mass is 568 g/mol. The summed E-state index contributed by atoms with van der Waals surface area (Å²) in [5, 5.41) is 7.84. The fraction of sp³-hybridized carbons (Fsp3) is 0.100. The average Bonchev–Trinajstić information content (AvgIpc) is 3.06. The second-order valence-electron chi connectivity index (χ2n) is 12.3. The smallest absolute Gasteiger partial charge is 0.177 e. The molecule has 8 aromatic rings. The predicted molar refractivity (Wildman–Crippen MR) is 172 cm³/mol. The van der Waals surface area contributed by atoms with Crippen LogP contribution < -0.4 is 18.3 Å². The van der Waals surface area contributed by atoms with Crippen molar-refractivity contribution in [1.82, 2.24) is 0 Å². The van der Waals surface area contributed by atoms with Gasteiger partial charge in [-0.15, -0.1) is 0 Å². The van der Waals surface area contributed by atoms with Crippen molar-refractivity contribution in [2.75, 3.05) is 0 Å². The lowest BCUT2D eigenvalue weighted by molar-refractivity contribution is -0.688. The molecule has 19 aliphatic rings. The number of benzene rings is 4. The molecular weight excluding hydrogens is 536 g/mol. The standard InChI is InChI=1S/C40H32N4/c1-5-31-6-2-29(1)21-41-17-13-33(14-18-41)34-15-19-42(20-16-34)22-30-3-7-32(8-4-30)24-44-27-37-11-9-35-25-43(23-31)26-36-10-12-38(28-44)40(37)39(35)36/h1-20,25-28H,21-24H2/q+4. The highest BCUT2D eigenvalue weighted by Gasteiger charge is 2.17. The molecule has 44 heavy (non-hydrogen) atoms.